The number of rotatable bonds is 3. The topological polar surface area (TPSA) is 37.9 Å². The Kier molecular flexibility index (Phi) is 2.73. The Morgan fingerprint density at radius 1 is 1.11 bits per heavy atom. The fraction of sp³-hybridized carbons (Fsp3) is 0.133. The van der Waals surface area contributed by atoms with Crippen molar-refractivity contribution in [2.24, 2.45) is 0 Å². The highest BCUT2D eigenvalue weighted by molar-refractivity contribution is 5.94. The molecule has 3 nitrogen and oxygen atoms in total. The number of fused-ring (bicyclic) bond motifs is 1. The van der Waals surface area contributed by atoms with Gasteiger partial charge in [-0.2, -0.15) is 0 Å². The van der Waals surface area contributed by atoms with Crippen molar-refractivity contribution < 1.29 is 4.74 Å². The van der Waals surface area contributed by atoms with Crippen LogP contribution in [-0.4, -0.2) is 16.6 Å². The molecule has 0 spiro atoms. The van der Waals surface area contributed by atoms with Crippen molar-refractivity contribution in [1.29, 1.82) is 0 Å². The van der Waals surface area contributed by atoms with Crippen molar-refractivity contribution in [2.75, 3.05) is 6.61 Å². The molecule has 0 aliphatic carbocycles. The van der Waals surface area contributed by atoms with Crippen LogP contribution in [0.4, 0.5) is 0 Å². The van der Waals surface area contributed by atoms with Gasteiger partial charge >= 0.3 is 0 Å². The minimum atomic E-state index is 0.665. The first-order valence-corrected chi connectivity index (χ1v) is 6.04. The molecule has 0 saturated carbocycles. The van der Waals surface area contributed by atoms with Crippen molar-refractivity contribution in [3.63, 3.8) is 0 Å². The number of aromatic amines is 1. The molecule has 0 radical (unpaired) electrons. The summed E-state index contributed by atoms with van der Waals surface area (Å²) in [6.07, 6.45) is 3.72. The highest BCUT2D eigenvalue weighted by Gasteiger charge is 2.09. The molecule has 1 N–H and O–H groups in total. The van der Waals surface area contributed by atoms with E-state index in [0.717, 1.165) is 27.9 Å². The second kappa shape index (κ2) is 4.53. The van der Waals surface area contributed by atoms with Crippen LogP contribution in [0.1, 0.15) is 6.92 Å². The third kappa shape index (κ3) is 1.74. The van der Waals surface area contributed by atoms with Gasteiger partial charge in [-0.05, 0) is 30.7 Å². The molecule has 0 amide bonds. The Labute approximate surface area is 105 Å². The minimum Gasteiger partial charge on any atom is -0.493 e. The van der Waals surface area contributed by atoms with E-state index in [2.05, 4.69) is 16.0 Å². The number of pyridine rings is 1. The van der Waals surface area contributed by atoms with Crippen LogP contribution < -0.4 is 4.74 Å². The fourth-order valence-corrected chi connectivity index (χ4v) is 2.17. The lowest BCUT2D eigenvalue weighted by atomic mass is 10.0. The maximum atomic E-state index is 5.69. The van der Waals surface area contributed by atoms with Gasteiger partial charge in [0.05, 0.1) is 6.61 Å². The Bertz CT molecular complexity index is 673. The lowest BCUT2D eigenvalue weighted by Crippen LogP contribution is -1.94. The molecule has 3 aromatic rings. The predicted molar refractivity (Wildman–Crippen MR) is 72.7 cm³/mol. The van der Waals surface area contributed by atoms with E-state index in [1.807, 2.05) is 49.6 Å². The lowest BCUT2D eigenvalue weighted by molar-refractivity contribution is 0.341. The van der Waals surface area contributed by atoms with E-state index in [1.54, 1.807) is 0 Å². The maximum Gasteiger partial charge on any atom is 0.137 e. The highest BCUT2D eigenvalue weighted by Crippen LogP contribution is 2.33. The Morgan fingerprint density at radius 2 is 2.00 bits per heavy atom. The molecule has 0 atom stereocenters. The molecule has 90 valence electrons. The first-order chi connectivity index (χ1) is 8.90. The first-order valence-electron chi connectivity index (χ1n) is 6.04. The third-order valence-electron chi connectivity index (χ3n) is 2.94. The number of aromatic nitrogens is 2. The normalized spacial score (nSPS) is 10.7. The summed E-state index contributed by atoms with van der Waals surface area (Å²) in [6, 6.07) is 12.2. The van der Waals surface area contributed by atoms with Crippen LogP contribution in [0.2, 0.25) is 0 Å². The summed E-state index contributed by atoms with van der Waals surface area (Å²) in [5, 5.41) is 1.12. The molecule has 0 aliphatic rings. The lowest BCUT2D eigenvalue weighted by Gasteiger charge is -2.10. The van der Waals surface area contributed by atoms with Crippen LogP contribution in [0.5, 0.6) is 5.75 Å². The molecule has 0 aliphatic heterocycles. The molecule has 3 rings (SSSR count). The number of nitrogens with zero attached hydrogens (tertiary/aromatic N) is 1. The van der Waals surface area contributed by atoms with Crippen LogP contribution in [0.25, 0.3) is 22.2 Å². The quantitative estimate of drug-likeness (QED) is 0.756. The molecule has 2 heterocycles. The third-order valence-corrected chi connectivity index (χ3v) is 2.94. The monoisotopic (exact) mass is 238 g/mol. The summed E-state index contributed by atoms with van der Waals surface area (Å²) in [4.78, 5) is 7.44. The zero-order valence-corrected chi connectivity index (χ0v) is 10.2. The molecular formula is C15H14N2O. The number of benzene rings is 1. The highest BCUT2D eigenvalue weighted by atomic mass is 16.5. The van der Waals surface area contributed by atoms with E-state index in [4.69, 9.17) is 4.74 Å². The van der Waals surface area contributed by atoms with Crippen LogP contribution in [-0.2, 0) is 0 Å². The van der Waals surface area contributed by atoms with Crippen LogP contribution in [0, 0.1) is 0 Å². The molecule has 0 unspecified atom stereocenters. The van der Waals surface area contributed by atoms with Crippen LogP contribution >= 0.6 is 0 Å². The number of para-hydroxylation sites is 1. The fourth-order valence-electron chi connectivity index (χ4n) is 2.17. The standard InChI is InChI=1S/C15H14N2O/c1-2-18-14-6-4-3-5-12(14)11-7-9-16-15-13(11)8-10-17-15/h3-10H,2H2,1H3,(H,16,17). The number of hydrogen-bond donors (Lipinski definition) is 1. The van der Waals surface area contributed by atoms with Crippen molar-refractivity contribution in [2.45, 2.75) is 6.92 Å². The van der Waals surface area contributed by atoms with Gasteiger partial charge in [-0.15, -0.1) is 0 Å². The van der Waals surface area contributed by atoms with Gasteiger partial charge in [0.25, 0.3) is 0 Å². The molecular weight excluding hydrogens is 224 g/mol. The molecule has 1 aromatic carbocycles. The van der Waals surface area contributed by atoms with Gasteiger partial charge in [-0.3, -0.25) is 0 Å². The molecule has 18 heavy (non-hydrogen) atoms. The molecule has 0 bridgehead atoms. The predicted octanol–water partition coefficient (Wildman–Crippen LogP) is 3.63. The summed E-state index contributed by atoms with van der Waals surface area (Å²) in [5.74, 6) is 0.911. The van der Waals surface area contributed by atoms with E-state index in [1.165, 1.54) is 0 Å². The average molecular weight is 238 g/mol. The number of ether oxygens (including phenoxy) is 1. The number of H-pyrrole nitrogens is 1. The first kappa shape index (κ1) is 10.8. The van der Waals surface area contributed by atoms with E-state index < -0.39 is 0 Å². The van der Waals surface area contributed by atoms with E-state index in [-0.39, 0.29) is 0 Å². The summed E-state index contributed by atoms with van der Waals surface area (Å²) in [6.45, 7) is 2.66. The van der Waals surface area contributed by atoms with Crippen molar-refractivity contribution >= 4 is 11.0 Å². The summed E-state index contributed by atoms with van der Waals surface area (Å²) < 4.78 is 5.69. The number of hydrogen-bond acceptors (Lipinski definition) is 2. The van der Waals surface area contributed by atoms with Gasteiger partial charge in [0, 0.05) is 23.3 Å². The largest absolute Gasteiger partial charge is 0.493 e. The minimum absolute atomic E-state index is 0.665. The van der Waals surface area contributed by atoms with Gasteiger partial charge in [0.15, 0.2) is 0 Å². The second-order valence-electron chi connectivity index (χ2n) is 4.03. The van der Waals surface area contributed by atoms with Crippen molar-refractivity contribution in [3.8, 4) is 16.9 Å². The van der Waals surface area contributed by atoms with Gasteiger partial charge in [0.2, 0.25) is 0 Å². The van der Waals surface area contributed by atoms with Gasteiger partial charge in [-0.1, -0.05) is 18.2 Å². The zero-order valence-electron chi connectivity index (χ0n) is 10.2. The van der Waals surface area contributed by atoms with Crippen molar-refractivity contribution in [1.82, 2.24) is 9.97 Å². The van der Waals surface area contributed by atoms with Gasteiger partial charge in [-0.25, -0.2) is 4.98 Å². The second-order valence-corrected chi connectivity index (χ2v) is 4.03. The Morgan fingerprint density at radius 3 is 2.89 bits per heavy atom. The summed E-state index contributed by atoms with van der Waals surface area (Å²) in [5.41, 5.74) is 3.15. The smallest absolute Gasteiger partial charge is 0.137 e. The molecule has 3 heteroatoms. The maximum absolute atomic E-state index is 5.69. The molecule has 0 saturated heterocycles. The van der Waals surface area contributed by atoms with Gasteiger partial charge in [0.1, 0.15) is 11.4 Å². The van der Waals surface area contributed by atoms with E-state index in [9.17, 15) is 0 Å². The van der Waals surface area contributed by atoms with Crippen LogP contribution in [0.15, 0.2) is 48.8 Å². The Hall–Kier alpha value is -2.29. The summed E-state index contributed by atoms with van der Waals surface area (Å²) >= 11 is 0. The summed E-state index contributed by atoms with van der Waals surface area (Å²) in [7, 11) is 0. The Balaban J connectivity index is 2.23. The van der Waals surface area contributed by atoms with Crippen LogP contribution in [0.3, 0.4) is 0 Å². The van der Waals surface area contributed by atoms with Crippen molar-refractivity contribution in [3.05, 3.63) is 48.8 Å². The number of nitrogens with one attached hydrogen (secondary N) is 1. The zero-order chi connectivity index (χ0) is 12.4. The average Bonchev–Trinajstić information content (AvgIpc) is 2.88. The van der Waals surface area contributed by atoms with E-state index >= 15 is 0 Å². The SMILES string of the molecule is CCOc1ccccc1-c1ccnc2[nH]ccc12. The van der Waals surface area contributed by atoms with Gasteiger partial charge < -0.3 is 9.72 Å². The van der Waals surface area contributed by atoms with E-state index in [0.29, 0.717) is 6.61 Å². The molecule has 2 aromatic heterocycles. The molecule has 0 fully saturated rings.